The Hall–Kier alpha value is -1.99. The van der Waals surface area contributed by atoms with Gasteiger partial charge in [0, 0.05) is 34.6 Å². The molecule has 1 N–H and O–H groups in total. The highest BCUT2D eigenvalue weighted by Crippen LogP contribution is 2.30. The van der Waals surface area contributed by atoms with Gasteiger partial charge in [0.25, 0.3) is 0 Å². The molecule has 0 atom stereocenters. The Kier molecular flexibility index (Phi) is 5.14. The van der Waals surface area contributed by atoms with Crippen LogP contribution in [0.4, 0.5) is 10.1 Å². The molecule has 5 nitrogen and oxygen atoms in total. The number of piperidine rings is 2. The number of benzene rings is 1. The van der Waals surface area contributed by atoms with Crippen LogP contribution >= 0.6 is 11.3 Å². The molecule has 4 rings (SSSR count). The first-order chi connectivity index (χ1) is 13.0. The number of carboxylic acids is 1. The molecule has 2 saturated heterocycles. The van der Waals surface area contributed by atoms with Crippen molar-refractivity contribution in [2.75, 3.05) is 31.1 Å². The standard InChI is InChI=1S/C20H23FN2O3S/c21-16-10-14-18(27-12-15(19(14)24)20(25)26)11-17(16)23-8-4-13(5-9-23)22-6-2-1-3-7-22/h10-13H,1-9H2,(H,25,26). The lowest BCUT2D eigenvalue weighted by Crippen LogP contribution is -2.46. The molecule has 27 heavy (non-hydrogen) atoms. The Balaban J connectivity index is 1.56. The second-order valence-corrected chi connectivity index (χ2v) is 8.31. The number of hydrogen-bond donors (Lipinski definition) is 1. The van der Waals surface area contributed by atoms with Crippen molar-refractivity contribution in [3.8, 4) is 0 Å². The number of likely N-dealkylation sites (tertiary alicyclic amines) is 1. The normalized spacial score (nSPS) is 19.5. The summed E-state index contributed by atoms with van der Waals surface area (Å²) in [5, 5.41) is 10.6. The average molecular weight is 390 g/mol. The highest BCUT2D eigenvalue weighted by atomic mass is 32.1. The van der Waals surface area contributed by atoms with Crippen molar-refractivity contribution in [1.82, 2.24) is 4.90 Å². The molecule has 0 aliphatic carbocycles. The maximum atomic E-state index is 14.7. The lowest BCUT2D eigenvalue weighted by molar-refractivity contribution is 0.0696. The zero-order valence-electron chi connectivity index (χ0n) is 15.1. The number of carboxylic acid groups (broad SMARTS) is 1. The van der Waals surface area contributed by atoms with Crippen molar-refractivity contribution in [1.29, 1.82) is 0 Å². The van der Waals surface area contributed by atoms with Gasteiger partial charge in [-0.15, -0.1) is 11.3 Å². The fourth-order valence-electron chi connectivity index (χ4n) is 4.28. The molecular formula is C20H23FN2O3S. The Morgan fingerprint density at radius 1 is 1.11 bits per heavy atom. The van der Waals surface area contributed by atoms with Gasteiger partial charge in [-0.05, 0) is 50.9 Å². The van der Waals surface area contributed by atoms with Crippen LogP contribution in [0.25, 0.3) is 10.1 Å². The van der Waals surface area contributed by atoms with Gasteiger partial charge >= 0.3 is 5.97 Å². The Bertz CT molecular complexity index is 915. The molecule has 2 aliphatic rings. The molecule has 1 aromatic heterocycles. The van der Waals surface area contributed by atoms with E-state index in [2.05, 4.69) is 9.80 Å². The van der Waals surface area contributed by atoms with E-state index in [4.69, 9.17) is 5.11 Å². The van der Waals surface area contributed by atoms with Crippen LogP contribution in [0.15, 0.2) is 22.3 Å². The van der Waals surface area contributed by atoms with Crippen LogP contribution in [-0.2, 0) is 0 Å². The predicted molar refractivity (Wildman–Crippen MR) is 106 cm³/mol. The number of rotatable bonds is 3. The summed E-state index contributed by atoms with van der Waals surface area (Å²) in [6.07, 6.45) is 5.91. The maximum absolute atomic E-state index is 14.7. The number of aromatic carboxylic acids is 1. The van der Waals surface area contributed by atoms with E-state index >= 15 is 0 Å². The van der Waals surface area contributed by atoms with Crippen LogP contribution in [0.3, 0.4) is 0 Å². The number of nitrogens with zero attached hydrogens (tertiary/aromatic N) is 2. The Labute approximate surface area is 161 Å². The molecule has 0 saturated carbocycles. The molecule has 0 amide bonds. The molecule has 2 fully saturated rings. The largest absolute Gasteiger partial charge is 0.478 e. The maximum Gasteiger partial charge on any atom is 0.340 e. The van der Waals surface area contributed by atoms with Crippen LogP contribution in [0, 0.1) is 5.82 Å². The van der Waals surface area contributed by atoms with Crippen LogP contribution in [-0.4, -0.2) is 48.2 Å². The highest BCUT2D eigenvalue weighted by molar-refractivity contribution is 7.16. The summed E-state index contributed by atoms with van der Waals surface area (Å²) in [6, 6.07) is 3.48. The molecule has 2 aliphatic heterocycles. The summed E-state index contributed by atoms with van der Waals surface area (Å²) in [5.41, 5.74) is -0.411. The van der Waals surface area contributed by atoms with E-state index in [9.17, 15) is 14.0 Å². The minimum absolute atomic E-state index is 0.143. The average Bonchev–Trinajstić information content (AvgIpc) is 2.69. The van der Waals surface area contributed by atoms with E-state index in [1.54, 1.807) is 6.07 Å². The van der Waals surface area contributed by atoms with E-state index in [-0.39, 0.29) is 10.9 Å². The first-order valence-electron chi connectivity index (χ1n) is 9.52. The van der Waals surface area contributed by atoms with Gasteiger partial charge in [0.15, 0.2) is 0 Å². The summed E-state index contributed by atoms with van der Waals surface area (Å²) in [5.74, 6) is -1.73. The summed E-state index contributed by atoms with van der Waals surface area (Å²) in [6.45, 7) is 3.95. The first kappa shape index (κ1) is 18.4. The van der Waals surface area contributed by atoms with E-state index in [0.717, 1.165) is 25.9 Å². The second-order valence-electron chi connectivity index (χ2n) is 7.40. The predicted octanol–water partition coefficient (Wildman–Crippen LogP) is 3.55. The minimum atomic E-state index is -1.28. The van der Waals surface area contributed by atoms with E-state index in [0.29, 0.717) is 16.4 Å². The third-order valence-electron chi connectivity index (χ3n) is 5.78. The monoisotopic (exact) mass is 390 g/mol. The van der Waals surface area contributed by atoms with Gasteiger partial charge in [-0.25, -0.2) is 9.18 Å². The van der Waals surface area contributed by atoms with Crippen molar-refractivity contribution in [3.63, 3.8) is 0 Å². The van der Waals surface area contributed by atoms with Crippen molar-refractivity contribution in [2.24, 2.45) is 0 Å². The number of halogens is 1. The van der Waals surface area contributed by atoms with Crippen LogP contribution in [0.1, 0.15) is 42.5 Å². The van der Waals surface area contributed by atoms with Gasteiger partial charge in [0.2, 0.25) is 5.43 Å². The zero-order chi connectivity index (χ0) is 19.0. The molecule has 7 heteroatoms. The summed E-state index contributed by atoms with van der Waals surface area (Å²) < 4.78 is 15.4. The molecule has 0 bridgehead atoms. The van der Waals surface area contributed by atoms with Crippen LogP contribution in [0.5, 0.6) is 0 Å². The van der Waals surface area contributed by atoms with Crippen molar-refractivity contribution in [3.05, 3.63) is 39.1 Å². The quantitative estimate of drug-likeness (QED) is 0.868. The lowest BCUT2D eigenvalue weighted by atomic mass is 9.99. The van der Waals surface area contributed by atoms with E-state index < -0.39 is 17.2 Å². The van der Waals surface area contributed by atoms with Crippen LogP contribution in [0.2, 0.25) is 0 Å². The van der Waals surface area contributed by atoms with Crippen LogP contribution < -0.4 is 10.3 Å². The molecule has 2 aromatic rings. The van der Waals surface area contributed by atoms with Gasteiger partial charge in [-0.2, -0.15) is 0 Å². The lowest BCUT2D eigenvalue weighted by Gasteiger charge is -2.41. The van der Waals surface area contributed by atoms with Crippen molar-refractivity contribution >= 4 is 33.1 Å². The number of hydrogen-bond acceptors (Lipinski definition) is 5. The molecular weight excluding hydrogens is 367 g/mol. The highest BCUT2D eigenvalue weighted by Gasteiger charge is 2.27. The first-order valence-corrected chi connectivity index (χ1v) is 10.4. The molecule has 0 spiro atoms. The SMILES string of the molecule is O=C(O)c1csc2cc(N3CCC(N4CCCCC4)CC3)c(F)cc2c1=O. The third-order valence-corrected chi connectivity index (χ3v) is 6.73. The van der Waals surface area contributed by atoms with E-state index in [1.165, 1.54) is 55.1 Å². The van der Waals surface area contributed by atoms with Gasteiger partial charge in [0.1, 0.15) is 11.4 Å². The Morgan fingerprint density at radius 2 is 1.81 bits per heavy atom. The fraction of sp³-hybridized carbons (Fsp3) is 0.500. The third kappa shape index (κ3) is 3.58. The molecule has 1 aromatic carbocycles. The number of fused-ring (bicyclic) bond motifs is 1. The topological polar surface area (TPSA) is 60.9 Å². The molecule has 0 unspecified atom stereocenters. The van der Waals surface area contributed by atoms with Crippen molar-refractivity contribution < 1.29 is 14.3 Å². The molecule has 0 radical (unpaired) electrons. The summed E-state index contributed by atoms with van der Waals surface area (Å²) in [4.78, 5) is 28.0. The summed E-state index contributed by atoms with van der Waals surface area (Å²) >= 11 is 1.17. The smallest absolute Gasteiger partial charge is 0.340 e. The number of anilines is 1. The van der Waals surface area contributed by atoms with Gasteiger partial charge < -0.3 is 14.9 Å². The van der Waals surface area contributed by atoms with Gasteiger partial charge in [-0.3, -0.25) is 4.79 Å². The fourth-order valence-corrected chi connectivity index (χ4v) is 5.19. The van der Waals surface area contributed by atoms with E-state index in [1.807, 2.05) is 0 Å². The summed E-state index contributed by atoms with van der Waals surface area (Å²) in [7, 11) is 0. The molecule has 3 heterocycles. The van der Waals surface area contributed by atoms with Crippen molar-refractivity contribution in [2.45, 2.75) is 38.1 Å². The Morgan fingerprint density at radius 3 is 2.48 bits per heavy atom. The molecule has 144 valence electrons. The van der Waals surface area contributed by atoms with Gasteiger partial charge in [0.05, 0.1) is 5.69 Å². The number of carbonyl (C=O) groups is 1. The zero-order valence-corrected chi connectivity index (χ0v) is 15.9. The van der Waals surface area contributed by atoms with Gasteiger partial charge in [-0.1, -0.05) is 6.42 Å². The minimum Gasteiger partial charge on any atom is -0.478 e. The second kappa shape index (κ2) is 7.56.